The van der Waals surface area contributed by atoms with Gasteiger partial charge in [0.2, 0.25) is 5.78 Å². The van der Waals surface area contributed by atoms with Crippen LogP contribution in [-0.4, -0.2) is 12.4 Å². The number of furan rings is 1. The number of carbonyl (C=O) groups excluding carboxylic acids is 1. The summed E-state index contributed by atoms with van der Waals surface area (Å²) < 4.78 is 11.2. The molecule has 0 atom stereocenters. The first-order valence-electron chi connectivity index (χ1n) is 8.47. The summed E-state index contributed by atoms with van der Waals surface area (Å²) in [7, 11) is 0. The van der Waals surface area contributed by atoms with E-state index in [1.807, 2.05) is 56.3 Å². The van der Waals surface area contributed by atoms with Crippen LogP contribution in [0.25, 0.3) is 17.0 Å². The Morgan fingerprint density at radius 1 is 1.27 bits per heavy atom. The number of ether oxygens (including phenoxy) is 1. The summed E-state index contributed by atoms with van der Waals surface area (Å²) in [5.74, 6) is 0.750. The Kier molecular flexibility index (Phi) is 5.19. The number of para-hydroxylation sites is 1. The van der Waals surface area contributed by atoms with Crippen LogP contribution in [-0.2, 0) is 6.42 Å². The lowest BCUT2D eigenvalue weighted by Crippen LogP contribution is -1.98. The number of fused-ring (bicyclic) bond motifs is 1. The van der Waals surface area contributed by atoms with Gasteiger partial charge in [-0.05, 0) is 43.7 Å². The van der Waals surface area contributed by atoms with Crippen molar-refractivity contribution in [3.05, 3.63) is 71.0 Å². The molecule has 1 heterocycles. The number of allylic oxidation sites excluding steroid dienone is 1. The molecule has 0 N–H and O–H groups in total. The summed E-state index contributed by atoms with van der Waals surface area (Å²) >= 11 is 0. The second-order valence-corrected chi connectivity index (χ2v) is 5.95. The molecule has 0 fully saturated rings. The Hall–Kier alpha value is -3.32. The van der Waals surface area contributed by atoms with Crippen LogP contribution in [0.2, 0.25) is 0 Å². The second kappa shape index (κ2) is 7.71. The molecule has 4 heteroatoms. The van der Waals surface area contributed by atoms with Gasteiger partial charge in [-0.15, -0.1) is 0 Å². The maximum absolute atomic E-state index is 12.7. The molecular weight excluding hydrogens is 326 g/mol. The number of ketones is 1. The van der Waals surface area contributed by atoms with E-state index in [0.29, 0.717) is 17.9 Å². The van der Waals surface area contributed by atoms with Gasteiger partial charge in [-0.2, -0.15) is 5.26 Å². The molecule has 0 aliphatic carbocycles. The molecule has 0 spiro atoms. The number of aryl methyl sites for hydroxylation is 2. The minimum Gasteiger partial charge on any atom is -0.478 e. The maximum Gasteiger partial charge on any atom is 0.221 e. The highest BCUT2D eigenvalue weighted by molar-refractivity contribution is 6.08. The highest BCUT2D eigenvalue weighted by atomic mass is 16.5. The van der Waals surface area contributed by atoms with E-state index < -0.39 is 0 Å². The molecule has 1 aromatic heterocycles. The molecule has 130 valence electrons. The zero-order valence-corrected chi connectivity index (χ0v) is 14.8. The van der Waals surface area contributed by atoms with E-state index in [1.165, 1.54) is 6.08 Å². The summed E-state index contributed by atoms with van der Waals surface area (Å²) in [5, 5.41) is 9.66. The van der Waals surface area contributed by atoms with Crippen LogP contribution in [0, 0.1) is 18.3 Å². The molecule has 0 bridgehead atoms. The molecule has 0 unspecified atom stereocenters. The standard InChI is InChI=1S/C22H19NO3/c1-3-17-18-14-15(2)8-11-21(18)26-22(17)19(24)10-9-16-6-4-5-7-20(16)25-13-12-23/h4-11,14H,3,13H2,1-2H3/b10-9+. The quantitative estimate of drug-likeness (QED) is 0.460. The fraction of sp³-hybridized carbons (Fsp3) is 0.182. The topological polar surface area (TPSA) is 63.2 Å². The molecule has 4 nitrogen and oxygen atoms in total. The zero-order chi connectivity index (χ0) is 18.5. The molecule has 0 saturated carbocycles. The second-order valence-electron chi connectivity index (χ2n) is 5.95. The lowest BCUT2D eigenvalue weighted by Gasteiger charge is -2.05. The van der Waals surface area contributed by atoms with Crippen LogP contribution in [0.4, 0.5) is 0 Å². The average Bonchev–Trinajstić information content (AvgIpc) is 3.02. The summed E-state index contributed by atoms with van der Waals surface area (Å²) in [6.07, 6.45) is 3.89. The van der Waals surface area contributed by atoms with Gasteiger partial charge in [0, 0.05) is 16.5 Å². The van der Waals surface area contributed by atoms with Crippen molar-refractivity contribution in [3.8, 4) is 11.8 Å². The Bertz CT molecular complexity index is 1020. The van der Waals surface area contributed by atoms with Gasteiger partial charge in [0.25, 0.3) is 0 Å². The number of benzene rings is 2. The minimum atomic E-state index is -0.189. The van der Waals surface area contributed by atoms with Gasteiger partial charge in [-0.25, -0.2) is 0 Å². The van der Waals surface area contributed by atoms with E-state index >= 15 is 0 Å². The maximum atomic E-state index is 12.7. The summed E-state index contributed by atoms with van der Waals surface area (Å²) in [4.78, 5) is 12.7. The van der Waals surface area contributed by atoms with Crippen LogP contribution in [0.1, 0.15) is 34.2 Å². The van der Waals surface area contributed by atoms with E-state index in [9.17, 15) is 4.79 Å². The first-order valence-corrected chi connectivity index (χ1v) is 8.47. The highest BCUT2D eigenvalue weighted by Gasteiger charge is 2.17. The summed E-state index contributed by atoms with van der Waals surface area (Å²) in [6.45, 7) is 3.99. The molecule has 26 heavy (non-hydrogen) atoms. The number of hydrogen-bond donors (Lipinski definition) is 0. The van der Waals surface area contributed by atoms with Crippen LogP contribution < -0.4 is 4.74 Å². The van der Waals surface area contributed by atoms with Gasteiger partial charge in [-0.3, -0.25) is 4.79 Å². The van der Waals surface area contributed by atoms with E-state index in [1.54, 1.807) is 12.1 Å². The number of nitriles is 1. The van der Waals surface area contributed by atoms with Gasteiger partial charge in [0.05, 0.1) is 0 Å². The smallest absolute Gasteiger partial charge is 0.221 e. The van der Waals surface area contributed by atoms with E-state index in [2.05, 4.69) is 0 Å². The van der Waals surface area contributed by atoms with Crippen LogP contribution in [0.3, 0.4) is 0 Å². The number of rotatable bonds is 6. The molecule has 0 radical (unpaired) electrons. The largest absolute Gasteiger partial charge is 0.478 e. The lowest BCUT2D eigenvalue weighted by atomic mass is 10.0. The van der Waals surface area contributed by atoms with Crippen molar-refractivity contribution in [3.63, 3.8) is 0 Å². The predicted molar refractivity (Wildman–Crippen MR) is 101 cm³/mol. The third-order valence-corrected chi connectivity index (χ3v) is 4.15. The summed E-state index contributed by atoms with van der Waals surface area (Å²) in [6, 6.07) is 15.1. The molecule has 0 amide bonds. The molecular formula is C22H19NO3. The van der Waals surface area contributed by atoms with Crippen molar-refractivity contribution in [1.82, 2.24) is 0 Å². The zero-order valence-electron chi connectivity index (χ0n) is 14.8. The van der Waals surface area contributed by atoms with Crippen LogP contribution >= 0.6 is 0 Å². The molecule has 3 rings (SSSR count). The van der Waals surface area contributed by atoms with Crippen LogP contribution in [0.15, 0.2) is 53.0 Å². The monoisotopic (exact) mass is 345 g/mol. The normalized spacial score (nSPS) is 11.0. The fourth-order valence-electron chi connectivity index (χ4n) is 2.91. The lowest BCUT2D eigenvalue weighted by molar-refractivity contribution is 0.102. The van der Waals surface area contributed by atoms with E-state index in [4.69, 9.17) is 14.4 Å². The third-order valence-electron chi connectivity index (χ3n) is 4.15. The fourth-order valence-corrected chi connectivity index (χ4v) is 2.91. The van der Waals surface area contributed by atoms with Crippen LogP contribution in [0.5, 0.6) is 5.75 Å². The van der Waals surface area contributed by atoms with E-state index in [-0.39, 0.29) is 12.4 Å². The molecule has 0 aliphatic rings. The minimum absolute atomic E-state index is 0.0400. The summed E-state index contributed by atoms with van der Waals surface area (Å²) in [5.41, 5.74) is 3.52. The Labute approximate surface area is 152 Å². The predicted octanol–water partition coefficient (Wildman–Crippen LogP) is 5.10. The van der Waals surface area contributed by atoms with Crippen molar-refractivity contribution in [2.75, 3.05) is 6.61 Å². The number of nitrogens with zero attached hydrogens (tertiary/aromatic N) is 1. The van der Waals surface area contributed by atoms with Gasteiger partial charge in [0.15, 0.2) is 12.4 Å². The van der Waals surface area contributed by atoms with E-state index in [0.717, 1.165) is 27.7 Å². The van der Waals surface area contributed by atoms with Gasteiger partial charge >= 0.3 is 0 Å². The van der Waals surface area contributed by atoms with Crippen molar-refractivity contribution in [2.45, 2.75) is 20.3 Å². The van der Waals surface area contributed by atoms with Gasteiger partial charge in [0.1, 0.15) is 17.4 Å². The van der Waals surface area contributed by atoms with Crippen molar-refractivity contribution in [2.24, 2.45) is 0 Å². The molecule has 0 saturated heterocycles. The third kappa shape index (κ3) is 3.52. The number of carbonyl (C=O) groups is 1. The Morgan fingerprint density at radius 3 is 2.85 bits per heavy atom. The van der Waals surface area contributed by atoms with Gasteiger partial charge < -0.3 is 9.15 Å². The Balaban J connectivity index is 1.93. The van der Waals surface area contributed by atoms with Crippen molar-refractivity contribution in [1.29, 1.82) is 5.26 Å². The average molecular weight is 345 g/mol. The molecule has 0 aliphatic heterocycles. The first kappa shape index (κ1) is 17.5. The number of hydrogen-bond acceptors (Lipinski definition) is 4. The Morgan fingerprint density at radius 2 is 2.08 bits per heavy atom. The van der Waals surface area contributed by atoms with Crippen molar-refractivity contribution >= 4 is 22.8 Å². The van der Waals surface area contributed by atoms with Crippen molar-refractivity contribution < 1.29 is 13.9 Å². The first-order chi connectivity index (χ1) is 12.6. The SMILES string of the molecule is CCc1c(C(=O)/C=C/c2ccccc2OCC#N)oc2ccc(C)cc12. The highest BCUT2D eigenvalue weighted by Crippen LogP contribution is 2.28. The molecule has 2 aromatic carbocycles. The molecule has 3 aromatic rings. The van der Waals surface area contributed by atoms with Gasteiger partial charge in [-0.1, -0.05) is 36.8 Å².